The Morgan fingerprint density at radius 2 is 1.93 bits per heavy atom. The minimum absolute atomic E-state index is 0.0277. The van der Waals surface area contributed by atoms with Gasteiger partial charge in [0.05, 0.1) is 15.5 Å². The molecule has 1 amide bonds. The number of hydrogen-bond donors (Lipinski definition) is 2. The van der Waals surface area contributed by atoms with E-state index in [9.17, 15) is 18.0 Å². The van der Waals surface area contributed by atoms with Crippen LogP contribution in [0.4, 0.5) is 5.13 Å². The van der Waals surface area contributed by atoms with Gasteiger partial charge in [0.15, 0.2) is 10.9 Å². The lowest BCUT2D eigenvalue weighted by molar-refractivity contribution is -0.116. The van der Waals surface area contributed by atoms with Crippen molar-refractivity contribution in [3.63, 3.8) is 0 Å². The number of aromatic nitrogens is 1. The molecule has 0 unspecified atom stereocenters. The second-order valence-electron chi connectivity index (χ2n) is 7.24. The van der Waals surface area contributed by atoms with E-state index in [4.69, 9.17) is 0 Å². The van der Waals surface area contributed by atoms with E-state index in [-0.39, 0.29) is 35.0 Å². The van der Waals surface area contributed by atoms with Crippen molar-refractivity contribution in [2.45, 2.75) is 38.0 Å². The first-order chi connectivity index (χ1) is 12.7. The molecule has 0 fully saturated rings. The van der Waals surface area contributed by atoms with Gasteiger partial charge in [-0.05, 0) is 24.0 Å². The van der Waals surface area contributed by atoms with E-state index in [1.165, 1.54) is 23.5 Å². The average Bonchev–Trinajstić information content (AvgIpc) is 2.96. The maximum Gasteiger partial charge on any atom is 0.240 e. The van der Waals surface area contributed by atoms with Gasteiger partial charge in [-0.2, -0.15) is 0 Å². The molecule has 9 heteroatoms. The standard InChI is InChI=1S/C18H21N3O4S2/c1-18(2)10-13-16(14(22)11-18)26-17(20-13)21-15(23)8-9-19-27(24,25)12-6-4-3-5-7-12/h3-7,19H,8-11H2,1-2H3,(H,20,21,23). The number of fused-ring (bicyclic) bond motifs is 1. The van der Waals surface area contributed by atoms with Crippen LogP contribution >= 0.6 is 11.3 Å². The fraction of sp³-hybridized carbons (Fsp3) is 0.389. The van der Waals surface area contributed by atoms with E-state index in [2.05, 4.69) is 15.0 Å². The molecule has 0 aliphatic heterocycles. The number of sulfonamides is 1. The third-order valence-corrected chi connectivity index (χ3v) is 6.71. The molecule has 0 atom stereocenters. The second-order valence-corrected chi connectivity index (χ2v) is 10.0. The van der Waals surface area contributed by atoms with Crippen LogP contribution in [0, 0.1) is 5.41 Å². The monoisotopic (exact) mass is 407 g/mol. The smallest absolute Gasteiger partial charge is 0.240 e. The molecule has 0 spiro atoms. The summed E-state index contributed by atoms with van der Waals surface area (Å²) in [5, 5.41) is 3.03. The molecule has 2 aromatic rings. The zero-order valence-corrected chi connectivity index (χ0v) is 16.7. The Hall–Kier alpha value is -2.10. The molecule has 1 aliphatic rings. The minimum atomic E-state index is -3.64. The van der Waals surface area contributed by atoms with E-state index < -0.39 is 10.0 Å². The lowest BCUT2D eigenvalue weighted by Gasteiger charge is -2.26. The van der Waals surface area contributed by atoms with Crippen molar-refractivity contribution in [1.29, 1.82) is 0 Å². The highest BCUT2D eigenvalue weighted by atomic mass is 32.2. The topological polar surface area (TPSA) is 105 Å². The third-order valence-electron chi connectivity index (χ3n) is 4.18. The van der Waals surface area contributed by atoms with Gasteiger partial charge in [-0.3, -0.25) is 9.59 Å². The Kier molecular flexibility index (Phi) is 5.45. The summed E-state index contributed by atoms with van der Waals surface area (Å²) < 4.78 is 26.6. The van der Waals surface area contributed by atoms with Crippen molar-refractivity contribution in [3.05, 3.63) is 40.9 Å². The first-order valence-electron chi connectivity index (χ1n) is 8.54. The molecule has 0 radical (unpaired) electrons. The Morgan fingerprint density at radius 1 is 1.22 bits per heavy atom. The molecule has 7 nitrogen and oxygen atoms in total. The quantitative estimate of drug-likeness (QED) is 0.766. The van der Waals surface area contributed by atoms with Crippen LogP contribution in [-0.2, 0) is 21.2 Å². The van der Waals surface area contributed by atoms with Crippen LogP contribution in [0.5, 0.6) is 0 Å². The SMILES string of the molecule is CC1(C)CC(=O)c2sc(NC(=O)CCNS(=O)(=O)c3ccccc3)nc2C1. The number of Topliss-reactive ketones (excluding diaryl/α,β-unsaturated/α-hetero) is 1. The van der Waals surface area contributed by atoms with Crippen LogP contribution in [0.25, 0.3) is 0 Å². The molecule has 144 valence electrons. The summed E-state index contributed by atoms with van der Waals surface area (Å²) >= 11 is 1.18. The molecule has 0 saturated heterocycles. The molecule has 0 saturated carbocycles. The van der Waals surface area contributed by atoms with Gasteiger partial charge < -0.3 is 5.32 Å². The molecule has 1 heterocycles. The number of ketones is 1. The van der Waals surface area contributed by atoms with Crippen molar-refractivity contribution in [2.24, 2.45) is 5.41 Å². The van der Waals surface area contributed by atoms with Crippen molar-refractivity contribution < 1.29 is 18.0 Å². The Bertz CT molecular complexity index is 966. The van der Waals surface area contributed by atoms with Gasteiger partial charge in [-0.1, -0.05) is 43.4 Å². The normalized spacial score (nSPS) is 16.0. The lowest BCUT2D eigenvalue weighted by Crippen LogP contribution is -2.27. The van der Waals surface area contributed by atoms with Crippen LogP contribution in [0.3, 0.4) is 0 Å². The summed E-state index contributed by atoms with van der Waals surface area (Å²) in [6, 6.07) is 7.97. The Balaban J connectivity index is 1.56. The van der Waals surface area contributed by atoms with Gasteiger partial charge in [0.2, 0.25) is 15.9 Å². The summed E-state index contributed by atoms with van der Waals surface area (Å²) in [4.78, 5) is 29.4. The first-order valence-corrected chi connectivity index (χ1v) is 10.8. The zero-order chi connectivity index (χ0) is 19.7. The van der Waals surface area contributed by atoms with Crippen LogP contribution < -0.4 is 10.0 Å². The van der Waals surface area contributed by atoms with Crippen molar-refractivity contribution in [2.75, 3.05) is 11.9 Å². The average molecular weight is 408 g/mol. The van der Waals surface area contributed by atoms with Gasteiger partial charge in [-0.15, -0.1) is 0 Å². The summed E-state index contributed by atoms with van der Waals surface area (Å²) in [6.07, 6.45) is 1.13. The summed E-state index contributed by atoms with van der Waals surface area (Å²) in [7, 11) is -3.64. The van der Waals surface area contributed by atoms with Crippen molar-refractivity contribution in [3.8, 4) is 0 Å². The molecule has 0 bridgehead atoms. The highest BCUT2D eigenvalue weighted by molar-refractivity contribution is 7.89. The number of amides is 1. The van der Waals surface area contributed by atoms with E-state index in [1.54, 1.807) is 18.2 Å². The first kappa shape index (κ1) is 19.7. The number of benzene rings is 1. The number of carbonyl (C=O) groups excluding carboxylic acids is 2. The maximum absolute atomic E-state index is 12.2. The number of nitrogens with zero attached hydrogens (tertiary/aromatic N) is 1. The van der Waals surface area contributed by atoms with Gasteiger partial charge >= 0.3 is 0 Å². The molecular formula is C18H21N3O4S2. The predicted octanol–water partition coefficient (Wildman–Crippen LogP) is 2.61. The number of carbonyl (C=O) groups is 2. The van der Waals surface area contributed by atoms with Crippen LogP contribution in [-0.4, -0.2) is 31.6 Å². The van der Waals surface area contributed by atoms with E-state index in [0.29, 0.717) is 22.9 Å². The highest BCUT2D eigenvalue weighted by Crippen LogP contribution is 2.38. The summed E-state index contributed by atoms with van der Waals surface area (Å²) in [5.74, 6) is -0.307. The molecule has 27 heavy (non-hydrogen) atoms. The fourth-order valence-corrected chi connectivity index (χ4v) is 4.93. The second kappa shape index (κ2) is 7.49. The number of nitrogens with one attached hydrogen (secondary N) is 2. The molecular weight excluding hydrogens is 386 g/mol. The van der Waals surface area contributed by atoms with Gasteiger partial charge in [0, 0.05) is 19.4 Å². The Morgan fingerprint density at radius 3 is 2.63 bits per heavy atom. The maximum atomic E-state index is 12.2. The lowest BCUT2D eigenvalue weighted by atomic mass is 9.78. The minimum Gasteiger partial charge on any atom is -0.302 e. The van der Waals surface area contributed by atoms with Crippen molar-refractivity contribution >= 4 is 38.2 Å². The summed E-state index contributed by atoms with van der Waals surface area (Å²) in [5.41, 5.74) is 0.594. The molecule has 3 rings (SSSR count). The fourth-order valence-electron chi connectivity index (χ4n) is 2.94. The number of thiazole rings is 1. The van der Waals surface area contributed by atoms with Crippen LogP contribution in [0.15, 0.2) is 35.2 Å². The van der Waals surface area contributed by atoms with Crippen LogP contribution in [0.2, 0.25) is 0 Å². The number of hydrogen-bond acceptors (Lipinski definition) is 6. The number of rotatable bonds is 6. The van der Waals surface area contributed by atoms with Gasteiger partial charge in [0.25, 0.3) is 0 Å². The van der Waals surface area contributed by atoms with Gasteiger partial charge in [0.1, 0.15) is 0 Å². The molecule has 1 aromatic carbocycles. The van der Waals surface area contributed by atoms with Gasteiger partial charge in [-0.25, -0.2) is 18.1 Å². The number of anilines is 1. The van der Waals surface area contributed by atoms with E-state index in [0.717, 1.165) is 5.69 Å². The zero-order valence-electron chi connectivity index (χ0n) is 15.1. The van der Waals surface area contributed by atoms with E-state index >= 15 is 0 Å². The largest absolute Gasteiger partial charge is 0.302 e. The highest BCUT2D eigenvalue weighted by Gasteiger charge is 2.34. The Labute approximate surface area is 162 Å². The predicted molar refractivity (Wildman–Crippen MR) is 103 cm³/mol. The molecule has 1 aromatic heterocycles. The van der Waals surface area contributed by atoms with E-state index in [1.807, 2.05) is 13.8 Å². The van der Waals surface area contributed by atoms with Crippen molar-refractivity contribution in [1.82, 2.24) is 9.71 Å². The molecule has 1 aliphatic carbocycles. The molecule has 2 N–H and O–H groups in total. The van der Waals surface area contributed by atoms with Crippen LogP contribution in [0.1, 0.15) is 42.1 Å². The third kappa shape index (κ3) is 4.79. The summed E-state index contributed by atoms with van der Waals surface area (Å²) in [6.45, 7) is 4.01.